The van der Waals surface area contributed by atoms with Gasteiger partial charge >= 0.3 is 12.1 Å². The number of anilines is 1. The second-order valence-electron chi connectivity index (χ2n) is 8.88. The first kappa shape index (κ1) is 24.1. The molecule has 0 radical (unpaired) electrons. The number of phenolic OH excluding ortho intramolecular Hbond substituents is 1. The Morgan fingerprint density at radius 1 is 1.12 bits per heavy atom. The number of carbonyl (C=O) groups is 3. The van der Waals surface area contributed by atoms with Crippen molar-refractivity contribution < 1.29 is 29.0 Å². The highest BCUT2D eigenvalue weighted by atomic mass is 16.6. The molecule has 0 saturated carbocycles. The maximum Gasteiger partial charge on any atom is 0.407 e. The number of alkyl carbamates (subject to hydrolysis) is 1. The summed E-state index contributed by atoms with van der Waals surface area (Å²) < 4.78 is 10.6. The maximum atomic E-state index is 13.8. The Hall–Kier alpha value is -3.55. The standard InChI is InChI=1S/C25H30N2O6/c1-5-32-22(30)25(13-14-26-23(31)33-24(2,3)4)19-15-18(28)11-12-20(19)27(21(25)29)16-17-9-7-6-8-10-17/h6-12,15,28H,5,13-14,16H2,1-4H3,(H,26,31)/t25-/m0/s1. The fourth-order valence-corrected chi connectivity index (χ4v) is 3.94. The SMILES string of the molecule is CCOC(=O)[C@]1(CCNC(=O)OC(C)(C)C)C(=O)N(Cc2ccccc2)c2ccc(O)cc21. The van der Waals surface area contributed by atoms with Gasteiger partial charge in [0.05, 0.1) is 13.2 Å². The smallest absolute Gasteiger partial charge is 0.407 e. The maximum absolute atomic E-state index is 13.8. The molecule has 0 bridgehead atoms. The summed E-state index contributed by atoms with van der Waals surface area (Å²) in [6.45, 7) is 7.22. The molecule has 1 heterocycles. The molecule has 0 saturated heterocycles. The van der Waals surface area contributed by atoms with Crippen LogP contribution in [0.15, 0.2) is 48.5 Å². The molecule has 0 unspecified atom stereocenters. The van der Waals surface area contributed by atoms with Crippen LogP contribution in [0.3, 0.4) is 0 Å². The summed E-state index contributed by atoms with van der Waals surface area (Å²) in [5, 5.41) is 12.8. The third-order valence-corrected chi connectivity index (χ3v) is 5.32. The molecule has 0 aliphatic carbocycles. The lowest BCUT2D eigenvalue weighted by molar-refractivity contribution is -0.154. The van der Waals surface area contributed by atoms with Gasteiger partial charge in [0.15, 0.2) is 5.41 Å². The number of rotatable bonds is 7. The quantitative estimate of drug-likeness (QED) is 0.489. The van der Waals surface area contributed by atoms with E-state index in [9.17, 15) is 19.5 Å². The molecule has 1 aliphatic rings. The first-order valence-corrected chi connectivity index (χ1v) is 10.9. The normalized spacial score (nSPS) is 17.5. The largest absolute Gasteiger partial charge is 0.508 e. The molecule has 8 heteroatoms. The second-order valence-corrected chi connectivity index (χ2v) is 8.88. The van der Waals surface area contributed by atoms with E-state index in [2.05, 4.69) is 5.32 Å². The van der Waals surface area contributed by atoms with Crippen molar-refractivity contribution in [2.45, 2.75) is 51.7 Å². The number of esters is 1. The van der Waals surface area contributed by atoms with Gasteiger partial charge < -0.3 is 24.8 Å². The lowest BCUT2D eigenvalue weighted by Crippen LogP contribution is -2.49. The monoisotopic (exact) mass is 454 g/mol. The van der Waals surface area contributed by atoms with Crippen molar-refractivity contribution >= 4 is 23.7 Å². The number of hydrogen-bond acceptors (Lipinski definition) is 6. The lowest BCUT2D eigenvalue weighted by atomic mass is 9.78. The fourth-order valence-electron chi connectivity index (χ4n) is 3.94. The Labute approximate surface area is 193 Å². The Morgan fingerprint density at radius 3 is 2.45 bits per heavy atom. The topological polar surface area (TPSA) is 105 Å². The number of amides is 2. The number of ether oxygens (including phenoxy) is 2. The van der Waals surface area contributed by atoms with Crippen LogP contribution >= 0.6 is 0 Å². The van der Waals surface area contributed by atoms with Crippen LogP contribution in [0.2, 0.25) is 0 Å². The van der Waals surface area contributed by atoms with Gasteiger partial charge in [0.2, 0.25) is 5.91 Å². The molecule has 33 heavy (non-hydrogen) atoms. The van der Waals surface area contributed by atoms with E-state index in [1.807, 2.05) is 30.3 Å². The number of carbonyl (C=O) groups excluding carboxylic acids is 3. The Morgan fingerprint density at radius 2 is 1.82 bits per heavy atom. The predicted molar refractivity (Wildman–Crippen MR) is 123 cm³/mol. The van der Waals surface area contributed by atoms with Crippen molar-refractivity contribution in [1.29, 1.82) is 0 Å². The zero-order valence-electron chi connectivity index (χ0n) is 19.4. The first-order valence-electron chi connectivity index (χ1n) is 10.9. The van der Waals surface area contributed by atoms with E-state index in [1.54, 1.807) is 33.8 Å². The van der Waals surface area contributed by atoms with Gasteiger partial charge in [-0.1, -0.05) is 30.3 Å². The Balaban J connectivity index is 1.97. The molecule has 0 spiro atoms. The van der Waals surface area contributed by atoms with Crippen LogP contribution in [0, 0.1) is 0 Å². The van der Waals surface area contributed by atoms with Gasteiger partial charge in [-0.2, -0.15) is 0 Å². The Bertz CT molecular complexity index is 1030. The molecule has 8 nitrogen and oxygen atoms in total. The highest BCUT2D eigenvalue weighted by Crippen LogP contribution is 2.47. The number of aromatic hydroxyl groups is 1. The van der Waals surface area contributed by atoms with Gasteiger partial charge in [0, 0.05) is 17.8 Å². The summed E-state index contributed by atoms with van der Waals surface area (Å²) in [5.41, 5.74) is -0.624. The van der Waals surface area contributed by atoms with Gasteiger partial charge in [0.25, 0.3) is 0 Å². The highest BCUT2D eigenvalue weighted by molar-refractivity contribution is 6.20. The fraction of sp³-hybridized carbons (Fsp3) is 0.400. The average molecular weight is 455 g/mol. The summed E-state index contributed by atoms with van der Waals surface area (Å²) in [4.78, 5) is 40.7. The molecule has 2 amide bonds. The van der Waals surface area contributed by atoms with Crippen LogP contribution < -0.4 is 10.2 Å². The van der Waals surface area contributed by atoms with E-state index in [-0.39, 0.29) is 31.9 Å². The van der Waals surface area contributed by atoms with Crippen LogP contribution in [0.25, 0.3) is 0 Å². The molecular formula is C25H30N2O6. The average Bonchev–Trinajstić information content (AvgIpc) is 2.96. The second kappa shape index (κ2) is 9.52. The van der Waals surface area contributed by atoms with E-state index < -0.39 is 29.0 Å². The lowest BCUT2D eigenvalue weighted by Gasteiger charge is -2.27. The minimum atomic E-state index is -1.70. The summed E-state index contributed by atoms with van der Waals surface area (Å²) >= 11 is 0. The van der Waals surface area contributed by atoms with Crippen LogP contribution in [0.5, 0.6) is 5.75 Å². The van der Waals surface area contributed by atoms with E-state index in [0.29, 0.717) is 11.3 Å². The van der Waals surface area contributed by atoms with Crippen LogP contribution in [-0.2, 0) is 31.0 Å². The van der Waals surface area contributed by atoms with Crippen molar-refractivity contribution in [3.05, 3.63) is 59.7 Å². The number of nitrogens with zero attached hydrogens (tertiary/aromatic N) is 1. The number of nitrogens with one attached hydrogen (secondary N) is 1. The van der Waals surface area contributed by atoms with Crippen molar-refractivity contribution in [1.82, 2.24) is 5.32 Å². The molecular weight excluding hydrogens is 424 g/mol. The van der Waals surface area contributed by atoms with Gasteiger partial charge in [0.1, 0.15) is 11.4 Å². The van der Waals surface area contributed by atoms with Crippen molar-refractivity contribution in [2.24, 2.45) is 0 Å². The van der Waals surface area contributed by atoms with Gasteiger partial charge in [-0.15, -0.1) is 0 Å². The minimum absolute atomic E-state index is 0.00621. The number of benzene rings is 2. The molecule has 2 aromatic carbocycles. The third kappa shape index (κ3) is 5.10. The van der Waals surface area contributed by atoms with E-state index >= 15 is 0 Å². The molecule has 1 aliphatic heterocycles. The van der Waals surface area contributed by atoms with Crippen molar-refractivity contribution in [3.63, 3.8) is 0 Å². The van der Waals surface area contributed by atoms with E-state index in [0.717, 1.165) is 5.56 Å². The molecule has 0 aromatic heterocycles. The summed E-state index contributed by atoms with van der Waals surface area (Å²) in [5.74, 6) is -1.25. The Kier molecular flexibility index (Phi) is 6.95. The summed E-state index contributed by atoms with van der Waals surface area (Å²) in [6, 6.07) is 13.9. The molecule has 1 atom stereocenters. The molecule has 0 fully saturated rings. The zero-order chi connectivity index (χ0) is 24.2. The summed E-state index contributed by atoms with van der Waals surface area (Å²) in [6.07, 6.45) is -0.699. The van der Waals surface area contributed by atoms with Crippen LogP contribution in [0.1, 0.15) is 45.2 Å². The van der Waals surface area contributed by atoms with Crippen molar-refractivity contribution in [3.8, 4) is 5.75 Å². The van der Waals surface area contributed by atoms with Gasteiger partial charge in [-0.05, 0) is 57.9 Å². The number of fused-ring (bicyclic) bond motifs is 1. The van der Waals surface area contributed by atoms with Crippen molar-refractivity contribution in [2.75, 3.05) is 18.1 Å². The summed E-state index contributed by atoms with van der Waals surface area (Å²) in [7, 11) is 0. The first-order chi connectivity index (χ1) is 15.6. The molecule has 2 N–H and O–H groups in total. The van der Waals surface area contributed by atoms with E-state index in [4.69, 9.17) is 9.47 Å². The zero-order valence-corrected chi connectivity index (χ0v) is 19.4. The van der Waals surface area contributed by atoms with Gasteiger partial charge in [-0.25, -0.2) is 4.79 Å². The molecule has 3 rings (SSSR count). The van der Waals surface area contributed by atoms with Gasteiger partial charge in [-0.3, -0.25) is 9.59 Å². The predicted octanol–water partition coefficient (Wildman–Crippen LogP) is 3.65. The molecule has 2 aromatic rings. The minimum Gasteiger partial charge on any atom is -0.508 e. The van der Waals surface area contributed by atoms with E-state index in [1.165, 1.54) is 17.0 Å². The van der Waals surface area contributed by atoms with Crippen LogP contribution in [-0.4, -0.2) is 41.8 Å². The number of phenols is 1. The third-order valence-electron chi connectivity index (χ3n) is 5.32. The molecule has 176 valence electrons. The van der Waals surface area contributed by atoms with Crippen LogP contribution in [0.4, 0.5) is 10.5 Å². The highest BCUT2D eigenvalue weighted by Gasteiger charge is 2.57. The number of hydrogen-bond donors (Lipinski definition) is 2.